The lowest BCUT2D eigenvalue weighted by Crippen LogP contribution is -2.30. The highest BCUT2D eigenvalue weighted by Gasteiger charge is 2.17. The second-order valence-corrected chi connectivity index (χ2v) is 11.0. The number of hydrogen-bond donors (Lipinski definition) is 3. The van der Waals surface area contributed by atoms with Crippen molar-refractivity contribution in [3.63, 3.8) is 0 Å². The Bertz CT molecular complexity index is 1510. The lowest BCUT2D eigenvalue weighted by atomic mass is 10.1. The molecule has 0 aliphatic rings. The van der Waals surface area contributed by atoms with E-state index in [1.165, 1.54) is 36.0 Å². The number of nitrogens with one attached hydrogen (secondary N) is 3. The van der Waals surface area contributed by atoms with Crippen LogP contribution < -0.4 is 16.0 Å². The minimum Gasteiger partial charge on any atom is -0.325 e. The first-order valence-corrected chi connectivity index (χ1v) is 13.9. The molecule has 0 aromatic heterocycles. The molecule has 40 heavy (non-hydrogen) atoms. The Labute approximate surface area is 244 Å². The summed E-state index contributed by atoms with van der Waals surface area (Å²) in [7, 11) is 0. The Balaban J connectivity index is 1.42. The Kier molecular flexibility index (Phi) is 9.88. The van der Waals surface area contributed by atoms with Gasteiger partial charge in [-0.1, -0.05) is 46.3 Å². The van der Waals surface area contributed by atoms with Crippen LogP contribution >= 0.6 is 27.7 Å². The third-order valence-electron chi connectivity index (χ3n) is 5.62. The fourth-order valence-electron chi connectivity index (χ4n) is 3.52. The van der Waals surface area contributed by atoms with Crippen LogP contribution in [0.15, 0.2) is 118 Å². The van der Waals surface area contributed by atoms with Gasteiger partial charge in [0.15, 0.2) is 0 Å². The number of amides is 3. The number of benzene rings is 4. The SMILES string of the molecule is CC(Sc1ccc(NC(=O)/C(=C/c2ccc(Br)cc2)NC(=O)c2ccccc2)cc1)C(=O)Nc1ccc(F)cc1. The van der Waals surface area contributed by atoms with Crippen LogP contribution in [-0.4, -0.2) is 23.0 Å². The van der Waals surface area contributed by atoms with Gasteiger partial charge in [-0.05, 0) is 91.4 Å². The molecular formula is C31H25BrFN3O3S. The minimum atomic E-state index is -0.486. The summed E-state index contributed by atoms with van der Waals surface area (Å²) in [6.07, 6.45) is 1.61. The fourth-order valence-corrected chi connectivity index (χ4v) is 4.65. The lowest BCUT2D eigenvalue weighted by molar-refractivity contribution is -0.115. The molecule has 0 saturated carbocycles. The molecule has 0 aliphatic heterocycles. The van der Waals surface area contributed by atoms with Gasteiger partial charge in [0.05, 0.1) is 5.25 Å². The molecule has 0 heterocycles. The Morgan fingerprint density at radius 2 is 1.40 bits per heavy atom. The maximum Gasteiger partial charge on any atom is 0.272 e. The highest BCUT2D eigenvalue weighted by molar-refractivity contribution is 9.10. The van der Waals surface area contributed by atoms with Crippen molar-refractivity contribution in [3.05, 3.63) is 130 Å². The van der Waals surface area contributed by atoms with Gasteiger partial charge < -0.3 is 16.0 Å². The number of rotatable bonds is 9. The maximum atomic E-state index is 13.2. The molecule has 3 N–H and O–H groups in total. The van der Waals surface area contributed by atoms with Gasteiger partial charge in [-0.3, -0.25) is 14.4 Å². The second-order valence-electron chi connectivity index (χ2n) is 8.66. The first kappa shape index (κ1) is 28.8. The van der Waals surface area contributed by atoms with Crippen LogP contribution in [-0.2, 0) is 9.59 Å². The van der Waals surface area contributed by atoms with Gasteiger partial charge in [0, 0.05) is 26.3 Å². The summed E-state index contributed by atoms with van der Waals surface area (Å²) >= 11 is 4.74. The molecule has 0 fully saturated rings. The van der Waals surface area contributed by atoms with E-state index in [9.17, 15) is 18.8 Å². The first-order valence-electron chi connectivity index (χ1n) is 12.2. The van der Waals surface area contributed by atoms with Gasteiger partial charge in [0.25, 0.3) is 11.8 Å². The summed E-state index contributed by atoms with van der Waals surface area (Å²) in [6, 6.07) is 28.6. The van der Waals surface area contributed by atoms with Crippen LogP contribution in [0, 0.1) is 5.82 Å². The molecule has 4 aromatic carbocycles. The number of carbonyl (C=O) groups is 3. The largest absolute Gasteiger partial charge is 0.325 e. The molecule has 1 atom stereocenters. The zero-order chi connectivity index (χ0) is 28.5. The molecule has 0 aliphatic carbocycles. The molecule has 6 nitrogen and oxygen atoms in total. The van der Waals surface area contributed by atoms with E-state index in [0.29, 0.717) is 16.9 Å². The molecule has 4 aromatic rings. The molecule has 4 rings (SSSR count). The number of hydrogen-bond acceptors (Lipinski definition) is 4. The maximum absolute atomic E-state index is 13.2. The Morgan fingerprint density at radius 3 is 2.05 bits per heavy atom. The monoisotopic (exact) mass is 617 g/mol. The lowest BCUT2D eigenvalue weighted by Gasteiger charge is -2.13. The molecule has 0 bridgehead atoms. The second kappa shape index (κ2) is 13.7. The number of anilines is 2. The molecule has 1 unspecified atom stereocenters. The van der Waals surface area contributed by atoms with Crippen molar-refractivity contribution in [2.45, 2.75) is 17.1 Å². The summed E-state index contributed by atoms with van der Waals surface area (Å²) in [5, 5.41) is 7.88. The predicted molar refractivity (Wildman–Crippen MR) is 161 cm³/mol. The summed E-state index contributed by atoms with van der Waals surface area (Å²) in [4.78, 5) is 39.4. The van der Waals surface area contributed by atoms with Gasteiger partial charge >= 0.3 is 0 Å². The number of halogens is 2. The zero-order valence-electron chi connectivity index (χ0n) is 21.4. The molecular weight excluding hydrogens is 593 g/mol. The normalized spacial score (nSPS) is 11.8. The average molecular weight is 619 g/mol. The van der Waals surface area contributed by atoms with E-state index in [-0.39, 0.29) is 17.4 Å². The van der Waals surface area contributed by atoms with Crippen LogP contribution in [0.25, 0.3) is 6.08 Å². The van der Waals surface area contributed by atoms with Gasteiger partial charge in [0.2, 0.25) is 5.91 Å². The van der Waals surface area contributed by atoms with Crippen LogP contribution in [0.2, 0.25) is 0 Å². The summed E-state index contributed by atoms with van der Waals surface area (Å²) < 4.78 is 14.0. The van der Waals surface area contributed by atoms with Crippen LogP contribution in [0.1, 0.15) is 22.8 Å². The summed E-state index contributed by atoms with van der Waals surface area (Å²) in [5.41, 5.74) is 2.29. The van der Waals surface area contributed by atoms with E-state index in [2.05, 4.69) is 31.9 Å². The fraction of sp³-hybridized carbons (Fsp3) is 0.0645. The smallest absolute Gasteiger partial charge is 0.272 e. The highest BCUT2D eigenvalue weighted by atomic mass is 79.9. The summed E-state index contributed by atoms with van der Waals surface area (Å²) in [6.45, 7) is 1.77. The molecule has 3 amide bonds. The van der Waals surface area contributed by atoms with Crippen molar-refractivity contribution in [1.29, 1.82) is 0 Å². The van der Waals surface area contributed by atoms with Gasteiger partial charge in [-0.25, -0.2) is 4.39 Å². The van der Waals surface area contributed by atoms with Crippen molar-refractivity contribution in [1.82, 2.24) is 5.32 Å². The van der Waals surface area contributed by atoms with E-state index in [4.69, 9.17) is 0 Å². The van der Waals surface area contributed by atoms with Crippen molar-refractivity contribution in [2.75, 3.05) is 10.6 Å². The predicted octanol–water partition coefficient (Wildman–Crippen LogP) is 7.12. The third-order valence-corrected chi connectivity index (χ3v) is 7.26. The first-order chi connectivity index (χ1) is 19.3. The molecule has 0 spiro atoms. The zero-order valence-corrected chi connectivity index (χ0v) is 23.8. The van der Waals surface area contributed by atoms with Gasteiger partial charge in [-0.15, -0.1) is 11.8 Å². The van der Waals surface area contributed by atoms with Crippen molar-refractivity contribution in [2.24, 2.45) is 0 Å². The molecule has 9 heteroatoms. The van der Waals surface area contributed by atoms with E-state index in [1.54, 1.807) is 61.5 Å². The molecule has 0 saturated heterocycles. The molecule has 0 radical (unpaired) electrons. The van der Waals surface area contributed by atoms with E-state index >= 15 is 0 Å². The van der Waals surface area contributed by atoms with Crippen molar-refractivity contribution >= 4 is 62.9 Å². The third kappa shape index (κ3) is 8.39. The van der Waals surface area contributed by atoms with Crippen LogP contribution in [0.3, 0.4) is 0 Å². The standard InChI is InChI=1S/C31H25BrFN3O3S/c1-20(29(37)34-25-13-11-24(33)12-14-25)40-27-17-15-26(16-18-27)35-31(39)28(19-21-7-9-23(32)10-8-21)36-30(38)22-5-3-2-4-6-22/h2-20H,1H3,(H,34,37)(H,35,39)(H,36,38)/b28-19-. The Morgan fingerprint density at radius 1 is 0.800 bits per heavy atom. The highest BCUT2D eigenvalue weighted by Crippen LogP contribution is 2.26. The van der Waals surface area contributed by atoms with Crippen LogP contribution in [0.5, 0.6) is 0 Å². The van der Waals surface area contributed by atoms with E-state index < -0.39 is 17.1 Å². The van der Waals surface area contributed by atoms with E-state index in [1.807, 2.05) is 30.3 Å². The number of carbonyl (C=O) groups excluding carboxylic acids is 3. The van der Waals surface area contributed by atoms with Crippen molar-refractivity contribution < 1.29 is 18.8 Å². The number of thioether (sulfide) groups is 1. The van der Waals surface area contributed by atoms with Gasteiger partial charge in [0.1, 0.15) is 11.5 Å². The van der Waals surface area contributed by atoms with Gasteiger partial charge in [-0.2, -0.15) is 0 Å². The van der Waals surface area contributed by atoms with E-state index in [0.717, 1.165) is 14.9 Å². The van der Waals surface area contributed by atoms with Crippen molar-refractivity contribution in [3.8, 4) is 0 Å². The topological polar surface area (TPSA) is 87.3 Å². The Hall–Kier alpha value is -4.21. The average Bonchev–Trinajstić information content (AvgIpc) is 2.96. The van der Waals surface area contributed by atoms with Crippen LogP contribution in [0.4, 0.5) is 15.8 Å². The molecule has 202 valence electrons. The minimum absolute atomic E-state index is 0.0840. The summed E-state index contributed by atoms with van der Waals surface area (Å²) in [5.74, 6) is -1.48. The quantitative estimate of drug-likeness (QED) is 0.138.